The molecule has 0 aliphatic carbocycles. The molecule has 0 radical (unpaired) electrons. The van der Waals surface area contributed by atoms with Gasteiger partial charge in [0.05, 0.1) is 26.2 Å². The molecule has 1 atom stereocenters. The Hall–Kier alpha value is -1.95. The number of β-amino-alcohol motifs (C(OH)–C–C–N with tert-alkyl or cyclic N) is 1. The maximum Gasteiger partial charge on any atom is 0.356 e. The van der Waals surface area contributed by atoms with E-state index < -0.39 is 12.1 Å². The van der Waals surface area contributed by atoms with Gasteiger partial charge in [-0.15, -0.1) is 0 Å². The van der Waals surface area contributed by atoms with E-state index >= 15 is 0 Å². The number of hydrogen-bond donors (Lipinski definition) is 1. The second kappa shape index (κ2) is 4.50. The van der Waals surface area contributed by atoms with E-state index in [9.17, 15) is 14.7 Å². The van der Waals surface area contributed by atoms with Crippen LogP contribution in [0.15, 0.2) is 18.2 Å². The Morgan fingerprint density at radius 1 is 1.59 bits per heavy atom. The largest absolute Gasteiger partial charge is 0.464 e. The van der Waals surface area contributed by atoms with Crippen LogP contribution >= 0.6 is 0 Å². The number of carbonyl (C=O) groups excluding carboxylic acids is 2. The molecule has 6 heteroatoms. The molecule has 1 fully saturated rings. The summed E-state index contributed by atoms with van der Waals surface area (Å²) >= 11 is 0. The lowest BCUT2D eigenvalue weighted by molar-refractivity contribution is -0.117. The second-order valence-electron chi connectivity index (χ2n) is 3.73. The molecule has 0 saturated carbocycles. The van der Waals surface area contributed by atoms with Crippen LogP contribution < -0.4 is 4.90 Å². The molecule has 0 spiro atoms. The Kier molecular flexibility index (Phi) is 3.06. The molecule has 1 aromatic rings. The van der Waals surface area contributed by atoms with Gasteiger partial charge in [-0.25, -0.2) is 9.78 Å². The van der Waals surface area contributed by atoms with Crippen LogP contribution in [0.2, 0.25) is 0 Å². The molecule has 90 valence electrons. The van der Waals surface area contributed by atoms with Gasteiger partial charge in [0.1, 0.15) is 5.82 Å². The quantitative estimate of drug-likeness (QED) is 0.729. The van der Waals surface area contributed by atoms with Crippen molar-refractivity contribution >= 4 is 17.7 Å². The number of nitrogens with zero attached hydrogens (tertiary/aromatic N) is 2. The number of pyridine rings is 1. The third-order valence-electron chi connectivity index (χ3n) is 2.51. The molecule has 1 aromatic heterocycles. The molecule has 0 aromatic carbocycles. The number of aromatic nitrogens is 1. The van der Waals surface area contributed by atoms with Crippen molar-refractivity contribution in [2.24, 2.45) is 0 Å². The molecule has 1 saturated heterocycles. The average Bonchev–Trinajstić information content (AvgIpc) is 2.67. The monoisotopic (exact) mass is 236 g/mol. The van der Waals surface area contributed by atoms with Crippen LogP contribution in [-0.2, 0) is 9.53 Å². The lowest BCUT2D eigenvalue weighted by Gasteiger charge is -2.14. The van der Waals surface area contributed by atoms with Crippen molar-refractivity contribution < 1.29 is 19.4 Å². The van der Waals surface area contributed by atoms with Gasteiger partial charge in [0.2, 0.25) is 5.91 Å². The fourth-order valence-corrected chi connectivity index (χ4v) is 1.70. The summed E-state index contributed by atoms with van der Waals surface area (Å²) in [6, 6.07) is 4.74. The zero-order valence-electron chi connectivity index (χ0n) is 9.29. The van der Waals surface area contributed by atoms with Crippen LogP contribution in [-0.4, -0.2) is 41.7 Å². The molecule has 1 unspecified atom stereocenters. The summed E-state index contributed by atoms with van der Waals surface area (Å²) in [6.07, 6.45) is -0.587. The fourth-order valence-electron chi connectivity index (χ4n) is 1.70. The van der Waals surface area contributed by atoms with Crippen molar-refractivity contribution in [3.8, 4) is 0 Å². The van der Waals surface area contributed by atoms with Crippen LogP contribution in [0, 0.1) is 0 Å². The molecule has 0 bridgehead atoms. The number of hydrogen-bond acceptors (Lipinski definition) is 5. The van der Waals surface area contributed by atoms with Gasteiger partial charge in [0.15, 0.2) is 5.69 Å². The van der Waals surface area contributed by atoms with Crippen molar-refractivity contribution in [3.63, 3.8) is 0 Å². The highest BCUT2D eigenvalue weighted by Gasteiger charge is 2.30. The third-order valence-corrected chi connectivity index (χ3v) is 2.51. The van der Waals surface area contributed by atoms with E-state index in [2.05, 4.69) is 9.72 Å². The number of ether oxygens (including phenoxy) is 1. The van der Waals surface area contributed by atoms with Crippen molar-refractivity contribution in [2.45, 2.75) is 12.5 Å². The highest BCUT2D eigenvalue weighted by molar-refractivity contribution is 5.96. The predicted octanol–water partition coefficient (Wildman–Crippen LogP) is -0.0342. The Morgan fingerprint density at radius 2 is 2.35 bits per heavy atom. The highest BCUT2D eigenvalue weighted by Crippen LogP contribution is 2.19. The number of esters is 1. The Bertz CT molecular complexity index is 461. The number of carbonyl (C=O) groups is 2. The number of rotatable bonds is 2. The van der Waals surface area contributed by atoms with Gasteiger partial charge in [-0.3, -0.25) is 9.69 Å². The third kappa shape index (κ3) is 2.26. The topological polar surface area (TPSA) is 79.7 Å². The number of amides is 1. The zero-order valence-corrected chi connectivity index (χ0v) is 9.29. The Balaban J connectivity index is 2.27. The van der Waals surface area contributed by atoms with Gasteiger partial charge in [0, 0.05) is 0 Å². The second-order valence-corrected chi connectivity index (χ2v) is 3.73. The summed E-state index contributed by atoms with van der Waals surface area (Å²) in [5.41, 5.74) is 0.138. The minimum atomic E-state index is -0.675. The van der Waals surface area contributed by atoms with E-state index in [-0.39, 0.29) is 24.6 Å². The SMILES string of the molecule is COC(=O)c1cccc(N2CC(O)CC2=O)n1. The summed E-state index contributed by atoms with van der Waals surface area (Å²) in [4.78, 5) is 28.2. The molecular formula is C11H12N2O4. The molecule has 1 aliphatic rings. The van der Waals surface area contributed by atoms with E-state index in [1.807, 2.05) is 0 Å². The predicted molar refractivity (Wildman–Crippen MR) is 58.6 cm³/mol. The van der Waals surface area contributed by atoms with Crippen LogP contribution in [0.5, 0.6) is 0 Å². The van der Waals surface area contributed by atoms with E-state index in [0.29, 0.717) is 5.82 Å². The van der Waals surface area contributed by atoms with Gasteiger partial charge < -0.3 is 9.84 Å². The fraction of sp³-hybridized carbons (Fsp3) is 0.364. The van der Waals surface area contributed by atoms with Crippen LogP contribution in [0.4, 0.5) is 5.82 Å². The van der Waals surface area contributed by atoms with Crippen molar-refractivity contribution in [3.05, 3.63) is 23.9 Å². The van der Waals surface area contributed by atoms with Gasteiger partial charge in [-0.1, -0.05) is 6.07 Å². The molecular weight excluding hydrogens is 224 g/mol. The smallest absolute Gasteiger partial charge is 0.356 e. The van der Waals surface area contributed by atoms with E-state index in [4.69, 9.17) is 0 Å². The zero-order chi connectivity index (χ0) is 12.4. The highest BCUT2D eigenvalue weighted by atomic mass is 16.5. The van der Waals surface area contributed by atoms with Crippen molar-refractivity contribution in [1.82, 2.24) is 4.98 Å². The molecule has 2 rings (SSSR count). The van der Waals surface area contributed by atoms with Crippen LogP contribution in [0.1, 0.15) is 16.9 Å². The lowest BCUT2D eigenvalue weighted by Crippen LogP contribution is -2.26. The minimum Gasteiger partial charge on any atom is -0.464 e. The maximum atomic E-state index is 11.5. The van der Waals surface area contributed by atoms with E-state index in [1.54, 1.807) is 12.1 Å². The molecule has 1 N–H and O–H groups in total. The summed E-state index contributed by atoms with van der Waals surface area (Å²) in [7, 11) is 1.27. The van der Waals surface area contributed by atoms with Crippen LogP contribution in [0.3, 0.4) is 0 Å². The van der Waals surface area contributed by atoms with E-state index in [1.165, 1.54) is 18.1 Å². The number of aliphatic hydroxyl groups is 1. The summed E-state index contributed by atoms with van der Waals surface area (Å²) in [6.45, 7) is 0.205. The summed E-state index contributed by atoms with van der Waals surface area (Å²) in [5.74, 6) is -0.402. The Labute approximate surface area is 97.8 Å². The standard InChI is InChI=1S/C11H12N2O4/c1-17-11(16)8-3-2-4-9(12-8)13-6-7(14)5-10(13)15/h2-4,7,14H,5-6H2,1H3. The number of methoxy groups -OCH3 is 1. The van der Waals surface area contributed by atoms with Crippen molar-refractivity contribution in [2.75, 3.05) is 18.6 Å². The Morgan fingerprint density at radius 3 is 2.94 bits per heavy atom. The minimum absolute atomic E-state index is 0.0874. The molecule has 1 aliphatic heterocycles. The molecule has 17 heavy (non-hydrogen) atoms. The summed E-state index contributed by atoms with van der Waals surface area (Å²) < 4.78 is 4.55. The molecule has 6 nitrogen and oxygen atoms in total. The van der Waals surface area contributed by atoms with Crippen LogP contribution in [0.25, 0.3) is 0 Å². The van der Waals surface area contributed by atoms with Gasteiger partial charge in [0.25, 0.3) is 0 Å². The lowest BCUT2D eigenvalue weighted by atomic mass is 10.3. The average molecular weight is 236 g/mol. The number of aliphatic hydroxyl groups excluding tert-OH is 1. The molecule has 2 heterocycles. The first kappa shape index (κ1) is 11.5. The molecule has 1 amide bonds. The first-order chi connectivity index (χ1) is 8.11. The summed E-state index contributed by atoms with van der Waals surface area (Å²) in [5, 5.41) is 9.37. The first-order valence-corrected chi connectivity index (χ1v) is 5.15. The van der Waals surface area contributed by atoms with Gasteiger partial charge in [-0.2, -0.15) is 0 Å². The van der Waals surface area contributed by atoms with E-state index in [0.717, 1.165) is 0 Å². The number of anilines is 1. The maximum absolute atomic E-state index is 11.5. The first-order valence-electron chi connectivity index (χ1n) is 5.15. The van der Waals surface area contributed by atoms with Gasteiger partial charge in [-0.05, 0) is 12.1 Å². The van der Waals surface area contributed by atoms with Crippen molar-refractivity contribution in [1.29, 1.82) is 0 Å². The van der Waals surface area contributed by atoms with Gasteiger partial charge >= 0.3 is 5.97 Å². The normalized spacial score (nSPS) is 19.5.